The van der Waals surface area contributed by atoms with Crippen LogP contribution in [0.15, 0.2) is 65.9 Å². The summed E-state index contributed by atoms with van der Waals surface area (Å²) in [6.07, 6.45) is -2.08. The summed E-state index contributed by atoms with van der Waals surface area (Å²) < 4.78 is 0. The standard InChI is InChI=1S/C27H34O6/c1-3-18-8-12-20(13-9-18)6-5-7-22(16-21-14-10-19(4-2)11-15-21)24(30)26(32)27(33)25(31)23(29)17-28/h6-16,23-33H,3-4,17H2,1-2H3/t5?,23-,24?,25-,26+,27+/m1/s1. The predicted octanol–water partition coefficient (Wildman–Crippen LogP) is 1.86. The van der Waals surface area contributed by atoms with Crippen LogP contribution in [0.2, 0.25) is 0 Å². The molecule has 0 amide bonds. The molecule has 0 aromatic heterocycles. The maximum absolute atomic E-state index is 10.8. The lowest BCUT2D eigenvalue weighted by atomic mass is 9.93. The molecule has 0 aliphatic carbocycles. The van der Waals surface area contributed by atoms with Gasteiger partial charge in [0.2, 0.25) is 0 Å². The monoisotopic (exact) mass is 454 g/mol. The van der Waals surface area contributed by atoms with Crippen LogP contribution >= 0.6 is 0 Å². The zero-order chi connectivity index (χ0) is 24.4. The minimum atomic E-state index is -1.88. The minimum absolute atomic E-state index is 0.248. The average Bonchev–Trinajstić information content (AvgIpc) is 2.86. The average molecular weight is 455 g/mol. The molecule has 0 bridgehead atoms. The van der Waals surface area contributed by atoms with Gasteiger partial charge in [0.25, 0.3) is 0 Å². The summed E-state index contributed by atoms with van der Waals surface area (Å²) in [4.78, 5) is 0. The molecule has 0 spiro atoms. The first-order chi connectivity index (χ1) is 15.8. The zero-order valence-electron chi connectivity index (χ0n) is 19.0. The molecule has 6 nitrogen and oxygen atoms in total. The van der Waals surface area contributed by atoms with E-state index in [1.165, 1.54) is 11.6 Å². The number of aliphatic hydroxyl groups excluding tert-OH is 6. The number of rotatable bonds is 11. The number of benzene rings is 2. The molecule has 178 valence electrons. The predicted molar refractivity (Wildman–Crippen MR) is 129 cm³/mol. The molecule has 0 heterocycles. The van der Waals surface area contributed by atoms with E-state index in [9.17, 15) is 25.5 Å². The summed E-state index contributed by atoms with van der Waals surface area (Å²) in [5, 5.41) is 59.9. The van der Waals surface area contributed by atoms with Crippen molar-refractivity contribution < 1.29 is 30.6 Å². The van der Waals surface area contributed by atoms with Crippen molar-refractivity contribution in [3.63, 3.8) is 0 Å². The number of hydrogen-bond donors (Lipinski definition) is 6. The highest BCUT2D eigenvalue weighted by atomic mass is 16.4. The van der Waals surface area contributed by atoms with Crippen LogP contribution in [0.3, 0.4) is 0 Å². The van der Waals surface area contributed by atoms with Crippen LogP contribution in [-0.4, -0.2) is 67.8 Å². The molecule has 6 heteroatoms. The normalized spacial score (nSPS) is 16.3. The number of hydrogen-bond acceptors (Lipinski definition) is 6. The Labute approximate surface area is 195 Å². The Morgan fingerprint density at radius 1 is 0.758 bits per heavy atom. The summed E-state index contributed by atoms with van der Waals surface area (Å²) in [7, 11) is 0. The molecular weight excluding hydrogens is 420 g/mol. The van der Waals surface area contributed by atoms with Crippen molar-refractivity contribution in [3.8, 4) is 0 Å². The highest BCUT2D eigenvalue weighted by Gasteiger charge is 2.35. The van der Waals surface area contributed by atoms with E-state index in [1.807, 2.05) is 55.5 Å². The van der Waals surface area contributed by atoms with E-state index in [1.54, 1.807) is 12.2 Å². The van der Waals surface area contributed by atoms with Crippen LogP contribution in [0.1, 0.15) is 36.1 Å². The van der Waals surface area contributed by atoms with Crippen molar-refractivity contribution in [2.45, 2.75) is 57.2 Å². The molecule has 2 aromatic carbocycles. The lowest BCUT2D eigenvalue weighted by molar-refractivity contribution is -0.134. The maximum atomic E-state index is 10.8. The minimum Gasteiger partial charge on any atom is -0.394 e. The Morgan fingerprint density at radius 2 is 1.27 bits per heavy atom. The van der Waals surface area contributed by atoms with E-state index in [0.29, 0.717) is 0 Å². The quantitative estimate of drug-likeness (QED) is 0.228. The Hall–Kier alpha value is -2.54. The van der Waals surface area contributed by atoms with Gasteiger partial charge < -0.3 is 30.6 Å². The summed E-state index contributed by atoms with van der Waals surface area (Å²) in [6, 6.07) is 15.6. The molecule has 2 aromatic rings. The van der Waals surface area contributed by atoms with E-state index in [-0.39, 0.29) is 5.57 Å². The van der Waals surface area contributed by atoms with Gasteiger partial charge in [-0.05, 0) is 58.9 Å². The molecule has 33 heavy (non-hydrogen) atoms. The van der Waals surface area contributed by atoms with Crippen LogP contribution in [0.25, 0.3) is 12.2 Å². The van der Waals surface area contributed by atoms with Crippen molar-refractivity contribution in [1.82, 2.24) is 0 Å². The van der Waals surface area contributed by atoms with Crippen LogP contribution in [0, 0.1) is 0 Å². The van der Waals surface area contributed by atoms with E-state index in [2.05, 4.69) is 12.7 Å². The van der Waals surface area contributed by atoms with Gasteiger partial charge in [-0.15, -0.1) is 5.73 Å². The molecular formula is C27H34O6. The second kappa shape index (κ2) is 13.2. The summed E-state index contributed by atoms with van der Waals surface area (Å²) in [6.45, 7) is 3.32. The highest BCUT2D eigenvalue weighted by Crippen LogP contribution is 2.19. The van der Waals surface area contributed by atoms with Crippen molar-refractivity contribution in [1.29, 1.82) is 0 Å². The van der Waals surface area contributed by atoms with Gasteiger partial charge >= 0.3 is 0 Å². The summed E-state index contributed by atoms with van der Waals surface area (Å²) in [5.74, 6) is 0. The lowest BCUT2D eigenvalue weighted by Crippen LogP contribution is -2.50. The molecule has 0 aliphatic heterocycles. The first kappa shape index (κ1) is 26.7. The van der Waals surface area contributed by atoms with Crippen LogP contribution in [-0.2, 0) is 12.8 Å². The van der Waals surface area contributed by atoms with Gasteiger partial charge in [0.1, 0.15) is 30.5 Å². The molecule has 5 atom stereocenters. The van der Waals surface area contributed by atoms with E-state index >= 15 is 0 Å². The van der Waals surface area contributed by atoms with Gasteiger partial charge in [0.15, 0.2) is 0 Å². The molecule has 0 saturated heterocycles. The fourth-order valence-electron chi connectivity index (χ4n) is 3.26. The van der Waals surface area contributed by atoms with E-state index in [4.69, 9.17) is 5.11 Å². The number of aliphatic hydroxyl groups is 6. The Balaban J connectivity index is 2.35. The van der Waals surface area contributed by atoms with Crippen molar-refractivity contribution >= 4 is 12.2 Å². The molecule has 6 N–H and O–H groups in total. The first-order valence-corrected chi connectivity index (χ1v) is 11.1. The van der Waals surface area contributed by atoms with Gasteiger partial charge in [-0.1, -0.05) is 62.4 Å². The Bertz CT molecular complexity index is 942. The molecule has 2 rings (SSSR count). The summed E-state index contributed by atoms with van der Waals surface area (Å²) >= 11 is 0. The smallest absolute Gasteiger partial charge is 0.113 e. The van der Waals surface area contributed by atoms with E-state index in [0.717, 1.165) is 29.5 Å². The molecule has 0 saturated carbocycles. The first-order valence-electron chi connectivity index (χ1n) is 11.1. The highest BCUT2D eigenvalue weighted by molar-refractivity contribution is 5.59. The van der Waals surface area contributed by atoms with Gasteiger partial charge in [-0.2, -0.15) is 0 Å². The topological polar surface area (TPSA) is 121 Å². The van der Waals surface area contributed by atoms with Gasteiger partial charge in [0, 0.05) is 0 Å². The summed E-state index contributed by atoms with van der Waals surface area (Å²) in [5.41, 5.74) is 7.28. The van der Waals surface area contributed by atoms with Crippen LogP contribution in [0.5, 0.6) is 0 Å². The largest absolute Gasteiger partial charge is 0.394 e. The van der Waals surface area contributed by atoms with Crippen molar-refractivity contribution in [2.24, 2.45) is 0 Å². The van der Waals surface area contributed by atoms with Crippen molar-refractivity contribution in [3.05, 3.63) is 88.2 Å². The zero-order valence-corrected chi connectivity index (χ0v) is 19.0. The molecule has 1 unspecified atom stereocenters. The maximum Gasteiger partial charge on any atom is 0.113 e. The molecule has 0 fully saturated rings. The number of aryl methyl sites for hydroxylation is 2. The second-order valence-corrected chi connectivity index (χ2v) is 7.96. The van der Waals surface area contributed by atoms with E-state index < -0.39 is 37.1 Å². The second-order valence-electron chi connectivity index (χ2n) is 7.96. The van der Waals surface area contributed by atoms with Crippen molar-refractivity contribution in [2.75, 3.05) is 6.61 Å². The molecule has 0 radical (unpaired) electrons. The Kier molecular flexibility index (Phi) is 10.7. The van der Waals surface area contributed by atoms with Gasteiger partial charge in [-0.25, -0.2) is 0 Å². The SMILES string of the molecule is CCc1ccc(C=C=CC(=Cc2ccc(CC)cc2)C(O)[C@H](O)[C@@H](O)[C@H](O)[C@H](O)CO)cc1. The third-order valence-corrected chi connectivity index (χ3v) is 5.56. The molecule has 0 aliphatic rings. The fraction of sp³-hybridized carbons (Fsp3) is 0.370. The van der Waals surface area contributed by atoms with Gasteiger partial charge in [0.05, 0.1) is 6.61 Å². The van der Waals surface area contributed by atoms with Crippen LogP contribution in [0.4, 0.5) is 0 Å². The third-order valence-electron chi connectivity index (χ3n) is 5.56. The van der Waals surface area contributed by atoms with Crippen LogP contribution < -0.4 is 0 Å². The third kappa shape index (κ3) is 7.77. The fourth-order valence-corrected chi connectivity index (χ4v) is 3.26. The Morgan fingerprint density at radius 3 is 1.76 bits per heavy atom. The van der Waals surface area contributed by atoms with Gasteiger partial charge in [-0.3, -0.25) is 0 Å². The lowest BCUT2D eigenvalue weighted by Gasteiger charge is -2.29.